The highest BCUT2D eigenvalue weighted by Gasteiger charge is 2.50. The van der Waals surface area contributed by atoms with E-state index in [9.17, 15) is 14.0 Å². The number of benzene rings is 1. The van der Waals surface area contributed by atoms with Gasteiger partial charge in [-0.05, 0) is 54.4 Å². The summed E-state index contributed by atoms with van der Waals surface area (Å²) in [6, 6.07) is 6.04. The van der Waals surface area contributed by atoms with Crippen LogP contribution < -0.4 is 5.56 Å². The molecule has 1 saturated carbocycles. The maximum atomic E-state index is 13.2. The van der Waals surface area contributed by atoms with Gasteiger partial charge < -0.3 is 4.90 Å². The van der Waals surface area contributed by atoms with Crippen LogP contribution in [0.3, 0.4) is 0 Å². The van der Waals surface area contributed by atoms with E-state index < -0.39 is 0 Å². The van der Waals surface area contributed by atoms with E-state index in [4.69, 9.17) is 0 Å². The zero-order valence-corrected chi connectivity index (χ0v) is 18.0. The third-order valence-electron chi connectivity index (χ3n) is 6.67. The Bertz CT molecular complexity index is 1230. The van der Waals surface area contributed by atoms with Crippen LogP contribution >= 0.6 is 0 Å². The van der Waals surface area contributed by atoms with Gasteiger partial charge in [0.2, 0.25) is 5.91 Å². The Morgan fingerprint density at radius 1 is 1.19 bits per heavy atom. The molecular weight excluding hydrogens is 397 g/mol. The number of hydrogen-bond acceptors (Lipinski definition) is 4. The van der Waals surface area contributed by atoms with E-state index in [1.54, 1.807) is 12.1 Å². The van der Waals surface area contributed by atoms with Crippen molar-refractivity contribution in [1.82, 2.24) is 24.2 Å². The van der Waals surface area contributed by atoms with Crippen LogP contribution in [-0.2, 0) is 11.3 Å². The Morgan fingerprint density at radius 3 is 2.68 bits per heavy atom. The molecule has 1 aliphatic carbocycles. The van der Waals surface area contributed by atoms with Crippen molar-refractivity contribution in [2.45, 2.75) is 52.6 Å². The minimum Gasteiger partial charge on any atom is -0.338 e. The molecule has 2 atom stereocenters. The fourth-order valence-corrected chi connectivity index (χ4v) is 5.82. The number of fused-ring (bicyclic) bond motifs is 3. The Balaban J connectivity index is 1.41. The van der Waals surface area contributed by atoms with Crippen molar-refractivity contribution in [2.75, 3.05) is 6.54 Å². The number of aromatic nitrogens is 4. The quantitative estimate of drug-likeness (QED) is 0.649. The molecule has 3 aromatic rings. The highest BCUT2D eigenvalue weighted by molar-refractivity contribution is 5.78. The molecule has 162 valence electrons. The van der Waals surface area contributed by atoms with E-state index in [0.717, 1.165) is 25.8 Å². The molecule has 0 spiro atoms. The van der Waals surface area contributed by atoms with Crippen molar-refractivity contribution in [2.24, 2.45) is 10.8 Å². The summed E-state index contributed by atoms with van der Waals surface area (Å²) < 4.78 is 16.1. The van der Waals surface area contributed by atoms with E-state index in [1.807, 2.05) is 4.90 Å². The molecule has 2 aliphatic rings. The molecule has 2 aromatic heterocycles. The summed E-state index contributed by atoms with van der Waals surface area (Å²) in [6.07, 6.45) is 5.97. The number of nitrogens with zero attached hydrogens (tertiary/aromatic N) is 5. The number of amides is 1. The fraction of sp³-hybridized carbons (Fsp3) is 0.478. The first-order valence-electron chi connectivity index (χ1n) is 10.6. The standard InChI is InChI=1S/C23H26FN5O2/c1-22(2)8-17-9-23(3,12-22)13-28(17)19(30)11-27-14-25-20-18(21(27)31)10-26-29(20)16-6-4-15(24)5-7-16/h4-7,10,14,17H,8-9,11-13H2,1-3H3/t17-,23-/m1/s1. The monoisotopic (exact) mass is 423 g/mol. The highest BCUT2D eigenvalue weighted by Crippen LogP contribution is 2.52. The number of rotatable bonds is 3. The summed E-state index contributed by atoms with van der Waals surface area (Å²) in [5, 5.41) is 4.57. The first kappa shape index (κ1) is 19.9. The van der Waals surface area contributed by atoms with Gasteiger partial charge in [0, 0.05) is 12.6 Å². The fourth-order valence-electron chi connectivity index (χ4n) is 5.82. The third kappa shape index (κ3) is 3.43. The van der Waals surface area contributed by atoms with Crippen LogP contribution in [0.25, 0.3) is 16.7 Å². The van der Waals surface area contributed by atoms with E-state index in [0.29, 0.717) is 16.7 Å². The molecule has 0 radical (unpaired) electrons. The van der Waals surface area contributed by atoms with Crippen LogP contribution in [0.1, 0.15) is 40.0 Å². The van der Waals surface area contributed by atoms with Gasteiger partial charge in [0.15, 0.2) is 5.65 Å². The second-order valence-electron chi connectivity index (χ2n) is 10.2. The van der Waals surface area contributed by atoms with Gasteiger partial charge in [-0.25, -0.2) is 14.1 Å². The van der Waals surface area contributed by atoms with Gasteiger partial charge in [-0.3, -0.25) is 14.2 Å². The summed E-state index contributed by atoms with van der Waals surface area (Å²) in [5.41, 5.74) is 1.05. The predicted octanol–water partition coefficient (Wildman–Crippen LogP) is 3.15. The molecule has 1 aliphatic heterocycles. The summed E-state index contributed by atoms with van der Waals surface area (Å²) in [7, 11) is 0. The van der Waals surface area contributed by atoms with Crippen molar-refractivity contribution in [3.63, 3.8) is 0 Å². The first-order chi connectivity index (χ1) is 14.6. The zero-order chi connectivity index (χ0) is 22.0. The van der Waals surface area contributed by atoms with Gasteiger partial charge >= 0.3 is 0 Å². The average molecular weight is 423 g/mol. The summed E-state index contributed by atoms with van der Waals surface area (Å²) >= 11 is 0. The molecule has 1 amide bonds. The molecule has 31 heavy (non-hydrogen) atoms. The molecule has 2 bridgehead atoms. The number of likely N-dealkylation sites (tertiary alicyclic amines) is 1. The normalized spacial score (nSPS) is 24.6. The molecular formula is C23H26FN5O2. The minimum absolute atomic E-state index is 0.0312. The smallest absolute Gasteiger partial charge is 0.264 e. The summed E-state index contributed by atoms with van der Waals surface area (Å²) in [5.74, 6) is -0.390. The van der Waals surface area contributed by atoms with Crippen LogP contribution in [0.15, 0.2) is 41.6 Å². The number of halogens is 1. The minimum atomic E-state index is -0.349. The molecule has 7 nitrogen and oxygen atoms in total. The largest absolute Gasteiger partial charge is 0.338 e. The Kier molecular flexibility index (Phi) is 4.32. The van der Waals surface area contributed by atoms with Crippen molar-refractivity contribution < 1.29 is 9.18 Å². The van der Waals surface area contributed by atoms with Crippen molar-refractivity contribution in [1.29, 1.82) is 0 Å². The predicted molar refractivity (Wildman–Crippen MR) is 114 cm³/mol. The van der Waals surface area contributed by atoms with E-state index in [-0.39, 0.29) is 40.7 Å². The summed E-state index contributed by atoms with van der Waals surface area (Å²) in [4.78, 5) is 32.5. The van der Waals surface area contributed by atoms with Crippen LogP contribution in [0, 0.1) is 16.6 Å². The maximum Gasteiger partial charge on any atom is 0.264 e. The molecule has 1 saturated heterocycles. The molecule has 5 rings (SSSR count). The van der Waals surface area contributed by atoms with Crippen molar-refractivity contribution in [3.8, 4) is 5.69 Å². The van der Waals surface area contributed by atoms with E-state index in [1.165, 1.54) is 33.9 Å². The molecule has 0 N–H and O–H groups in total. The van der Waals surface area contributed by atoms with E-state index in [2.05, 4.69) is 30.9 Å². The first-order valence-corrected chi connectivity index (χ1v) is 10.6. The van der Waals surface area contributed by atoms with Crippen LogP contribution in [0.5, 0.6) is 0 Å². The lowest BCUT2D eigenvalue weighted by Gasteiger charge is -2.39. The van der Waals surface area contributed by atoms with E-state index >= 15 is 0 Å². The Labute approximate surface area is 179 Å². The van der Waals surface area contributed by atoms with Gasteiger partial charge in [-0.2, -0.15) is 5.10 Å². The third-order valence-corrected chi connectivity index (χ3v) is 6.67. The molecule has 1 aromatic carbocycles. The summed E-state index contributed by atoms with van der Waals surface area (Å²) in [6.45, 7) is 7.51. The molecule has 2 fully saturated rings. The van der Waals surface area contributed by atoms with Gasteiger partial charge in [0.1, 0.15) is 24.1 Å². The lowest BCUT2D eigenvalue weighted by molar-refractivity contribution is -0.133. The van der Waals surface area contributed by atoms with Crippen molar-refractivity contribution >= 4 is 16.9 Å². The topological polar surface area (TPSA) is 73.0 Å². The van der Waals surface area contributed by atoms with Crippen LogP contribution in [0.2, 0.25) is 0 Å². The molecule has 8 heteroatoms. The number of carbonyl (C=O) groups excluding carboxylic acids is 1. The second kappa shape index (κ2) is 6.73. The SMILES string of the molecule is CC1(C)C[C@@H]2C[C@@](C)(CN2C(=O)Cn2cnc3c(cnn3-c3ccc(F)cc3)c2=O)C1. The van der Waals surface area contributed by atoms with Crippen molar-refractivity contribution in [3.05, 3.63) is 53.0 Å². The van der Waals surface area contributed by atoms with Gasteiger partial charge in [-0.1, -0.05) is 20.8 Å². The van der Waals surface area contributed by atoms with Gasteiger partial charge in [0.25, 0.3) is 5.56 Å². The lowest BCUT2D eigenvalue weighted by Crippen LogP contribution is -2.40. The Hall–Kier alpha value is -3.03. The Morgan fingerprint density at radius 2 is 1.94 bits per heavy atom. The zero-order valence-electron chi connectivity index (χ0n) is 18.0. The lowest BCUT2D eigenvalue weighted by atomic mass is 9.65. The van der Waals surface area contributed by atoms with Crippen LogP contribution in [-0.4, -0.2) is 42.7 Å². The highest BCUT2D eigenvalue weighted by atomic mass is 19.1. The second-order valence-corrected chi connectivity index (χ2v) is 10.2. The number of carbonyl (C=O) groups is 1. The average Bonchev–Trinajstić information content (AvgIpc) is 3.22. The number of hydrogen-bond donors (Lipinski definition) is 0. The van der Waals surface area contributed by atoms with Gasteiger partial charge in [0.05, 0.1) is 11.9 Å². The van der Waals surface area contributed by atoms with Gasteiger partial charge in [-0.15, -0.1) is 0 Å². The molecule has 0 unspecified atom stereocenters. The molecule has 3 heterocycles. The maximum absolute atomic E-state index is 13.2. The van der Waals surface area contributed by atoms with Crippen LogP contribution in [0.4, 0.5) is 4.39 Å².